The molecule has 0 aliphatic carbocycles. The van der Waals surface area contributed by atoms with E-state index >= 15 is 0 Å². The Morgan fingerprint density at radius 2 is 1.72 bits per heavy atom. The minimum atomic E-state index is 0.396. The Bertz CT molecular complexity index is 1290. The van der Waals surface area contributed by atoms with E-state index in [2.05, 4.69) is 27.1 Å². The van der Waals surface area contributed by atoms with Crippen molar-refractivity contribution >= 4 is 16.9 Å². The van der Waals surface area contributed by atoms with E-state index in [4.69, 9.17) is 10.5 Å². The van der Waals surface area contributed by atoms with Crippen LogP contribution in [0.3, 0.4) is 0 Å². The number of nitrogens with one attached hydrogen (secondary N) is 1. The van der Waals surface area contributed by atoms with Crippen molar-refractivity contribution in [2.24, 2.45) is 13.0 Å². The van der Waals surface area contributed by atoms with Crippen LogP contribution >= 0.6 is 0 Å². The van der Waals surface area contributed by atoms with Crippen LogP contribution in [0.4, 0.5) is 5.82 Å². The molecule has 32 heavy (non-hydrogen) atoms. The first-order valence-corrected chi connectivity index (χ1v) is 10.8. The summed E-state index contributed by atoms with van der Waals surface area (Å²) in [5, 5.41) is 4.23. The standard InChI is InChI=1S/C26H25N5O/c1-31-22(12-7-18-13-15-28-16-14-18)23(24-25(27)29-17-30-26(24)31)19-8-10-21(11-9-19)32-20-5-3-2-4-6-20/h2-6,8-11,17-18,28H,13-16H2,1H3,(H2,27,29,30). The Morgan fingerprint density at radius 3 is 2.47 bits per heavy atom. The van der Waals surface area contributed by atoms with Crippen molar-refractivity contribution in [3.05, 3.63) is 66.6 Å². The third kappa shape index (κ3) is 3.91. The van der Waals surface area contributed by atoms with Gasteiger partial charge in [-0.2, -0.15) is 0 Å². The van der Waals surface area contributed by atoms with Crippen LogP contribution in [0.1, 0.15) is 18.5 Å². The fourth-order valence-corrected chi connectivity index (χ4v) is 4.15. The molecule has 4 aromatic rings. The van der Waals surface area contributed by atoms with Crippen molar-refractivity contribution in [3.63, 3.8) is 0 Å². The molecule has 6 nitrogen and oxygen atoms in total. The van der Waals surface area contributed by atoms with Crippen LogP contribution in [-0.4, -0.2) is 27.6 Å². The lowest BCUT2D eigenvalue weighted by Crippen LogP contribution is -2.26. The number of benzene rings is 2. The second kappa shape index (κ2) is 8.74. The molecule has 160 valence electrons. The molecule has 3 N–H and O–H groups in total. The molecule has 1 aliphatic rings. The first kappa shape index (κ1) is 20.1. The topological polar surface area (TPSA) is 78.0 Å². The Kier molecular flexibility index (Phi) is 5.49. The third-order valence-electron chi connectivity index (χ3n) is 5.85. The van der Waals surface area contributed by atoms with Crippen molar-refractivity contribution < 1.29 is 4.74 Å². The van der Waals surface area contributed by atoms with Gasteiger partial charge in [0.2, 0.25) is 0 Å². The third-order valence-corrected chi connectivity index (χ3v) is 5.85. The van der Waals surface area contributed by atoms with Crippen molar-refractivity contribution in [2.45, 2.75) is 12.8 Å². The van der Waals surface area contributed by atoms with E-state index in [1.165, 1.54) is 6.33 Å². The maximum absolute atomic E-state index is 6.30. The van der Waals surface area contributed by atoms with Crippen LogP contribution in [0, 0.1) is 17.8 Å². The summed E-state index contributed by atoms with van der Waals surface area (Å²) in [7, 11) is 1.98. The van der Waals surface area contributed by atoms with Gasteiger partial charge in [-0.15, -0.1) is 0 Å². The highest BCUT2D eigenvalue weighted by Crippen LogP contribution is 2.37. The van der Waals surface area contributed by atoms with Crippen LogP contribution in [0.2, 0.25) is 0 Å². The van der Waals surface area contributed by atoms with Crippen LogP contribution < -0.4 is 15.8 Å². The van der Waals surface area contributed by atoms with Gasteiger partial charge >= 0.3 is 0 Å². The normalized spacial score (nSPS) is 14.2. The molecule has 0 radical (unpaired) electrons. The molecule has 0 saturated carbocycles. The average molecular weight is 424 g/mol. The molecule has 0 spiro atoms. The van der Waals surface area contributed by atoms with Crippen molar-refractivity contribution in [3.8, 4) is 34.5 Å². The Balaban J connectivity index is 1.57. The number of fused-ring (bicyclic) bond motifs is 1. The predicted octanol–water partition coefficient (Wildman–Crippen LogP) is 4.36. The first-order valence-electron chi connectivity index (χ1n) is 10.8. The van der Waals surface area contributed by atoms with Gasteiger partial charge in [0.25, 0.3) is 0 Å². The number of aromatic nitrogens is 3. The number of rotatable bonds is 3. The predicted molar refractivity (Wildman–Crippen MR) is 127 cm³/mol. The summed E-state index contributed by atoms with van der Waals surface area (Å²) < 4.78 is 7.97. The number of nitrogens with zero attached hydrogens (tertiary/aromatic N) is 3. The van der Waals surface area contributed by atoms with Crippen LogP contribution in [0.5, 0.6) is 11.5 Å². The second-order valence-corrected chi connectivity index (χ2v) is 7.97. The zero-order valence-corrected chi connectivity index (χ0v) is 18.0. The maximum atomic E-state index is 6.30. The Morgan fingerprint density at radius 1 is 1.00 bits per heavy atom. The van der Waals surface area contributed by atoms with Gasteiger partial charge in [-0.05, 0) is 61.7 Å². The molecule has 0 unspecified atom stereocenters. The number of nitrogens with two attached hydrogens (primary N) is 1. The SMILES string of the molecule is Cn1c(C#CC2CCNCC2)c(-c2ccc(Oc3ccccc3)cc2)c2c(N)ncnc21. The zero-order valence-electron chi connectivity index (χ0n) is 18.0. The molecule has 6 heteroatoms. The lowest BCUT2D eigenvalue weighted by Gasteiger charge is -2.17. The van der Waals surface area contributed by atoms with Crippen molar-refractivity contribution in [2.75, 3.05) is 18.8 Å². The van der Waals surface area contributed by atoms with Crippen molar-refractivity contribution in [1.29, 1.82) is 0 Å². The number of para-hydroxylation sites is 1. The molecule has 2 aromatic carbocycles. The molecule has 0 atom stereocenters. The van der Waals surface area contributed by atoms with Crippen molar-refractivity contribution in [1.82, 2.24) is 19.9 Å². The summed E-state index contributed by atoms with van der Waals surface area (Å²) in [6.45, 7) is 2.03. The number of hydrogen-bond acceptors (Lipinski definition) is 5. The quantitative estimate of drug-likeness (QED) is 0.479. The van der Waals surface area contributed by atoms with Gasteiger partial charge in [-0.25, -0.2) is 9.97 Å². The molecule has 0 amide bonds. The molecule has 1 aliphatic heterocycles. The van der Waals surface area contributed by atoms with Crippen LogP contribution in [-0.2, 0) is 7.05 Å². The summed E-state index contributed by atoms with van der Waals surface area (Å²) in [4.78, 5) is 8.73. The largest absolute Gasteiger partial charge is 0.457 e. The highest BCUT2D eigenvalue weighted by atomic mass is 16.5. The minimum absolute atomic E-state index is 0.396. The summed E-state index contributed by atoms with van der Waals surface area (Å²) >= 11 is 0. The minimum Gasteiger partial charge on any atom is -0.457 e. The Hall–Kier alpha value is -3.82. The van der Waals surface area contributed by atoms with Gasteiger partial charge in [-0.1, -0.05) is 36.3 Å². The zero-order chi connectivity index (χ0) is 21.9. The molecule has 3 heterocycles. The van der Waals surface area contributed by atoms with E-state index < -0.39 is 0 Å². The van der Waals surface area contributed by atoms with E-state index in [1.807, 2.05) is 66.2 Å². The molecule has 2 aromatic heterocycles. The number of ether oxygens (including phenoxy) is 1. The number of aryl methyl sites for hydroxylation is 1. The summed E-state index contributed by atoms with van der Waals surface area (Å²) in [5.41, 5.74) is 9.96. The van der Waals surface area contributed by atoms with Gasteiger partial charge in [0, 0.05) is 18.5 Å². The molecular formula is C26H25N5O. The molecular weight excluding hydrogens is 398 g/mol. The van der Waals surface area contributed by atoms with E-state index in [0.717, 1.165) is 65.3 Å². The van der Waals surface area contributed by atoms with E-state index in [0.29, 0.717) is 11.7 Å². The number of piperidine rings is 1. The first-order chi connectivity index (χ1) is 15.7. The van der Waals surface area contributed by atoms with Gasteiger partial charge in [0.05, 0.1) is 5.39 Å². The lowest BCUT2D eigenvalue weighted by atomic mass is 9.98. The number of anilines is 1. The highest BCUT2D eigenvalue weighted by molar-refractivity contribution is 6.03. The second-order valence-electron chi connectivity index (χ2n) is 7.97. The van der Waals surface area contributed by atoms with Crippen LogP contribution in [0.15, 0.2) is 60.9 Å². The molecule has 1 saturated heterocycles. The summed E-state index contributed by atoms with van der Waals surface area (Å²) in [6, 6.07) is 17.7. The molecule has 5 rings (SSSR count). The summed E-state index contributed by atoms with van der Waals surface area (Å²) in [5.74, 6) is 9.37. The van der Waals surface area contributed by atoms with Gasteiger partial charge in [0.15, 0.2) is 0 Å². The van der Waals surface area contributed by atoms with Gasteiger partial charge < -0.3 is 20.4 Å². The Labute approximate surface area is 187 Å². The van der Waals surface area contributed by atoms with Crippen LogP contribution in [0.25, 0.3) is 22.2 Å². The maximum Gasteiger partial charge on any atom is 0.146 e. The lowest BCUT2D eigenvalue weighted by molar-refractivity contribution is 0.447. The molecule has 0 bridgehead atoms. The van der Waals surface area contributed by atoms with E-state index in [1.54, 1.807) is 0 Å². The van der Waals surface area contributed by atoms with E-state index in [9.17, 15) is 0 Å². The number of nitrogen functional groups attached to an aromatic ring is 1. The summed E-state index contributed by atoms with van der Waals surface area (Å²) in [6.07, 6.45) is 3.64. The van der Waals surface area contributed by atoms with Gasteiger partial charge in [-0.3, -0.25) is 0 Å². The smallest absolute Gasteiger partial charge is 0.146 e. The van der Waals surface area contributed by atoms with Gasteiger partial charge in [0.1, 0.15) is 35.0 Å². The number of hydrogen-bond donors (Lipinski definition) is 2. The van der Waals surface area contributed by atoms with E-state index in [-0.39, 0.29) is 0 Å². The highest BCUT2D eigenvalue weighted by Gasteiger charge is 2.20. The fraction of sp³-hybridized carbons (Fsp3) is 0.231. The monoisotopic (exact) mass is 423 g/mol. The average Bonchev–Trinajstić information content (AvgIpc) is 3.12. The molecule has 1 fully saturated rings. The fourth-order valence-electron chi connectivity index (χ4n) is 4.15.